The summed E-state index contributed by atoms with van der Waals surface area (Å²) in [6.07, 6.45) is -0.119. The molecule has 0 fully saturated rings. The van der Waals surface area contributed by atoms with E-state index in [9.17, 15) is 0 Å². The summed E-state index contributed by atoms with van der Waals surface area (Å²) in [5.74, 6) is 0. The molecule has 0 aromatic rings. The van der Waals surface area contributed by atoms with Crippen LogP contribution in [0.5, 0.6) is 0 Å². The van der Waals surface area contributed by atoms with Crippen LogP contribution in [0.25, 0.3) is 0 Å². The maximum atomic E-state index is 8.80. The lowest BCUT2D eigenvalue weighted by Crippen LogP contribution is -2.51. The van der Waals surface area contributed by atoms with Gasteiger partial charge in [0.05, 0.1) is 28.6 Å². The summed E-state index contributed by atoms with van der Waals surface area (Å²) in [4.78, 5) is 5.53. The van der Waals surface area contributed by atoms with E-state index < -0.39 is 11.1 Å². The molecule has 0 saturated heterocycles. The second-order valence-electron chi connectivity index (χ2n) is 6.03. The summed E-state index contributed by atoms with van der Waals surface area (Å²) in [5.41, 5.74) is 3.04. The topological polar surface area (TPSA) is 98.5 Å². The van der Waals surface area contributed by atoms with Crippen LogP contribution in [0.2, 0.25) is 0 Å². The molecule has 0 aliphatic rings. The minimum Gasteiger partial charge on any atom is -0.411 e. The minimum absolute atomic E-state index is 0.119. The van der Waals surface area contributed by atoms with Crippen LogP contribution in [-0.4, -0.2) is 45.6 Å². The number of rotatable bonds is 8. The summed E-state index contributed by atoms with van der Waals surface area (Å²) in [6, 6.07) is 0. The van der Waals surface area contributed by atoms with Crippen molar-refractivity contribution in [2.24, 2.45) is 10.3 Å². The highest BCUT2D eigenvalue weighted by atomic mass is 16.7. The van der Waals surface area contributed by atoms with E-state index in [1.807, 2.05) is 34.6 Å². The third-order valence-electron chi connectivity index (χ3n) is 3.46. The average Bonchev–Trinajstić information content (AvgIpc) is 2.40. The van der Waals surface area contributed by atoms with E-state index in [0.29, 0.717) is 18.0 Å². The second-order valence-corrected chi connectivity index (χ2v) is 6.03. The number of nitrogens with one attached hydrogen (secondary N) is 2. The Hall–Kier alpha value is -1.18. The Kier molecular flexibility index (Phi) is 7.12. The molecule has 0 rings (SSSR count). The van der Waals surface area contributed by atoms with Gasteiger partial charge in [-0.15, -0.1) is 0 Å². The number of hydrogen-bond acceptors (Lipinski definition) is 7. The lowest BCUT2D eigenvalue weighted by molar-refractivity contribution is -0.0417. The molecule has 1 atom stereocenters. The van der Waals surface area contributed by atoms with Crippen molar-refractivity contribution < 1.29 is 15.3 Å². The van der Waals surface area contributed by atoms with E-state index in [0.717, 1.165) is 0 Å². The zero-order valence-corrected chi connectivity index (χ0v) is 13.5. The fourth-order valence-corrected chi connectivity index (χ4v) is 1.14. The van der Waals surface area contributed by atoms with Crippen molar-refractivity contribution in [1.29, 1.82) is 0 Å². The third kappa shape index (κ3) is 5.85. The van der Waals surface area contributed by atoms with Crippen LogP contribution >= 0.6 is 0 Å². The van der Waals surface area contributed by atoms with Gasteiger partial charge < -0.3 is 15.7 Å². The van der Waals surface area contributed by atoms with Crippen LogP contribution in [0.1, 0.15) is 48.5 Å². The monoisotopic (exact) mass is 288 g/mol. The normalized spacial score (nSPS) is 16.4. The predicted molar refractivity (Wildman–Crippen MR) is 79.6 cm³/mol. The zero-order chi connectivity index (χ0) is 16.0. The molecule has 0 aromatic carbocycles. The standard InChI is InChI=1S/C13H28N4O3/c1-9(8-14-12(4,5)10(2)15-18)20-17-13(6,7)11(3)16-19/h9,14,17-19H,8H2,1-7H3. The van der Waals surface area contributed by atoms with E-state index in [-0.39, 0.29) is 6.10 Å². The van der Waals surface area contributed by atoms with Crippen LogP contribution in [-0.2, 0) is 4.84 Å². The molecule has 4 N–H and O–H groups in total. The molecule has 0 aliphatic heterocycles. The Labute approximate surface area is 121 Å². The smallest absolute Gasteiger partial charge is 0.0887 e. The number of hydrogen-bond donors (Lipinski definition) is 4. The highest BCUT2D eigenvalue weighted by Crippen LogP contribution is 2.08. The summed E-state index contributed by atoms with van der Waals surface area (Å²) in [7, 11) is 0. The highest BCUT2D eigenvalue weighted by Gasteiger charge is 2.25. The van der Waals surface area contributed by atoms with Crippen LogP contribution in [0.15, 0.2) is 10.3 Å². The van der Waals surface area contributed by atoms with E-state index >= 15 is 0 Å². The van der Waals surface area contributed by atoms with E-state index in [1.54, 1.807) is 13.8 Å². The van der Waals surface area contributed by atoms with E-state index in [1.165, 1.54) is 0 Å². The van der Waals surface area contributed by atoms with Gasteiger partial charge in [-0.3, -0.25) is 4.84 Å². The first-order valence-corrected chi connectivity index (χ1v) is 6.63. The van der Waals surface area contributed by atoms with E-state index in [4.69, 9.17) is 15.3 Å². The first-order valence-electron chi connectivity index (χ1n) is 6.63. The van der Waals surface area contributed by atoms with Crippen molar-refractivity contribution in [2.75, 3.05) is 6.54 Å². The molecule has 0 saturated carbocycles. The molecular formula is C13H28N4O3. The van der Waals surface area contributed by atoms with Crippen molar-refractivity contribution in [3.8, 4) is 0 Å². The fourth-order valence-electron chi connectivity index (χ4n) is 1.14. The molecule has 0 aromatic heterocycles. The fraction of sp³-hybridized carbons (Fsp3) is 0.846. The maximum absolute atomic E-state index is 8.80. The van der Waals surface area contributed by atoms with Crippen LogP contribution < -0.4 is 10.8 Å². The van der Waals surface area contributed by atoms with E-state index in [2.05, 4.69) is 21.1 Å². The number of nitrogens with zero attached hydrogens (tertiary/aromatic N) is 2. The van der Waals surface area contributed by atoms with Gasteiger partial charge in [0.2, 0.25) is 0 Å². The summed E-state index contributed by atoms with van der Waals surface area (Å²) < 4.78 is 0. The molecule has 0 amide bonds. The van der Waals surface area contributed by atoms with Crippen molar-refractivity contribution >= 4 is 11.4 Å². The molecule has 0 bridgehead atoms. The Morgan fingerprint density at radius 1 is 1.05 bits per heavy atom. The summed E-state index contributed by atoms with van der Waals surface area (Å²) in [5, 5.41) is 27.2. The molecule has 7 heteroatoms. The molecule has 0 heterocycles. The Bertz CT molecular complexity index is 331. The molecule has 0 spiro atoms. The zero-order valence-electron chi connectivity index (χ0n) is 13.5. The van der Waals surface area contributed by atoms with Crippen molar-refractivity contribution in [2.45, 2.75) is 65.6 Å². The highest BCUT2D eigenvalue weighted by molar-refractivity contribution is 5.90. The molecule has 118 valence electrons. The molecule has 7 nitrogen and oxygen atoms in total. The van der Waals surface area contributed by atoms with Crippen molar-refractivity contribution in [3.05, 3.63) is 0 Å². The van der Waals surface area contributed by atoms with Gasteiger partial charge in [0.25, 0.3) is 0 Å². The first kappa shape index (κ1) is 18.8. The molecule has 20 heavy (non-hydrogen) atoms. The molecule has 1 unspecified atom stereocenters. The van der Waals surface area contributed by atoms with Gasteiger partial charge in [-0.25, -0.2) is 0 Å². The lowest BCUT2D eigenvalue weighted by Gasteiger charge is -2.30. The van der Waals surface area contributed by atoms with Crippen molar-refractivity contribution in [3.63, 3.8) is 0 Å². The van der Waals surface area contributed by atoms with Gasteiger partial charge in [0.15, 0.2) is 0 Å². The van der Waals surface area contributed by atoms with Gasteiger partial charge in [0.1, 0.15) is 0 Å². The Morgan fingerprint density at radius 3 is 1.95 bits per heavy atom. The lowest BCUT2D eigenvalue weighted by atomic mass is 9.99. The third-order valence-corrected chi connectivity index (χ3v) is 3.46. The minimum atomic E-state index is -0.555. The van der Waals surface area contributed by atoms with Crippen LogP contribution in [0.4, 0.5) is 0 Å². The summed E-state index contributed by atoms with van der Waals surface area (Å²) in [6.45, 7) is 13.5. The number of oxime groups is 2. The first-order chi connectivity index (χ1) is 9.06. The average molecular weight is 288 g/mol. The Balaban J connectivity index is 4.30. The van der Waals surface area contributed by atoms with Gasteiger partial charge in [-0.1, -0.05) is 10.3 Å². The quantitative estimate of drug-likeness (QED) is 0.310. The van der Waals surface area contributed by atoms with Crippen LogP contribution in [0.3, 0.4) is 0 Å². The summed E-state index contributed by atoms with van der Waals surface area (Å²) >= 11 is 0. The van der Waals surface area contributed by atoms with Gasteiger partial charge in [0, 0.05) is 6.54 Å². The second kappa shape index (κ2) is 7.56. The molecule has 0 radical (unpaired) electrons. The Morgan fingerprint density at radius 2 is 1.50 bits per heavy atom. The van der Waals surface area contributed by atoms with Crippen molar-refractivity contribution in [1.82, 2.24) is 10.8 Å². The predicted octanol–water partition coefficient (Wildman–Crippen LogP) is 1.74. The van der Waals surface area contributed by atoms with Crippen LogP contribution in [0, 0.1) is 0 Å². The maximum Gasteiger partial charge on any atom is 0.0887 e. The van der Waals surface area contributed by atoms with Gasteiger partial charge in [-0.05, 0) is 48.5 Å². The molecular weight excluding hydrogens is 260 g/mol. The van der Waals surface area contributed by atoms with Gasteiger partial charge >= 0.3 is 0 Å². The molecule has 0 aliphatic carbocycles. The largest absolute Gasteiger partial charge is 0.411 e. The van der Waals surface area contributed by atoms with Gasteiger partial charge in [-0.2, -0.15) is 5.48 Å². The SMILES string of the molecule is CC(=NO)C(C)(C)NCC(C)ONC(C)(C)C(C)=NO. The number of hydroxylamine groups is 1.